The summed E-state index contributed by atoms with van der Waals surface area (Å²) in [6.45, 7) is 11.9. The van der Waals surface area contributed by atoms with Crippen LogP contribution in [0, 0.1) is 11.3 Å². The van der Waals surface area contributed by atoms with Crippen molar-refractivity contribution in [2.75, 3.05) is 31.1 Å². The van der Waals surface area contributed by atoms with E-state index < -0.39 is 0 Å². The minimum Gasteiger partial charge on any atom is -0.354 e. The largest absolute Gasteiger partial charge is 0.354 e. The standard InChI is InChI=1S/C18H24N6O/c1-13(16-21-17(22-25-16)18(2,3)4)23-7-9-24(10-8-23)15-6-5-14(11-19)12-20-15/h5-6,12-13H,7-10H2,1-4H3. The highest BCUT2D eigenvalue weighted by Crippen LogP contribution is 2.25. The van der Waals surface area contributed by atoms with Crippen LogP contribution in [0.4, 0.5) is 5.82 Å². The summed E-state index contributed by atoms with van der Waals surface area (Å²) < 4.78 is 5.48. The Balaban J connectivity index is 1.61. The molecule has 2 aromatic heterocycles. The number of pyridine rings is 1. The van der Waals surface area contributed by atoms with Gasteiger partial charge in [-0.15, -0.1) is 0 Å². The molecule has 0 aromatic carbocycles. The van der Waals surface area contributed by atoms with Gasteiger partial charge in [-0.05, 0) is 19.1 Å². The first-order valence-electron chi connectivity index (χ1n) is 8.58. The summed E-state index contributed by atoms with van der Waals surface area (Å²) in [4.78, 5) is 13.5. The van der Waals surface area contributed by atoms with Crippen molar-refractivity contribution in [3.8, 4) is 6.07 Å². The normalized spacial score (nSPS) is 17.3. The second kappa shape index (κ2) is 6.81. The second-order valence-electron chi connectivity index (χ2n) is 7.42. The molecule has 0 N–H and O–H groups in total. The first-order valence-corrected chi connectivity index (χ1v) is 8.58. The maximum Gasteiger partial charge on any atom is 0.243 e. The van der Waals surface area contributed by atoms with Crippen LogP contribution in [0.1, 0.15) is 51.0 Å². The van der Waals surface area contributed by atoms with Crippen LogP contribution in [0.15, 0.2) is 22.9 Å². The molecule has 1 fully saturated rings. The monoisotopic (exact) mass is 340 g/mol. The minimum atomic E-state index is -0.110. The number of anilines is 1. The Kier molecular flexibility index (Phi) is 4.73. The topological polar surface area (TPSA) is 82.1 Å². The number of nitrogens with zero attached hydrogens (tertiary/aromatic N) is 6. The van der Waals surface area contributed by atoms with Gasteiger partial charge >= 0.3 is 0 Å². The maximum atomic E-state index is 8.86. The first kappa shape index (κ1) is 17.4. The molecule has 3 rings (SSSR count). The summed E-state index contributed by atoms with van der Waals surface area (Å²) in [6, 6.07) is 5.91. The third-order valence-electron chi connectivity index (χ3n) is 4.53. The number of aromatic nitrogens is 3. The summed E-state index contributed by atoms with van der Waals surface area (Å²) in [7, 11) is 0. The molecule has 3 heterocycles. The van der Waals surface area contributed by atoms with Crippen molar-refractivity contribution < 1.29 is 4.52 Å². The fourth-order valence-corrected chi connectivity index (χ4v) is 2.84. The lowest BCUT2D eigenvalue weighted by Gasteiger charge is -2.37. The Hall–Kier alpha value is -2.46. The summed E-state index contributed by atoms with van der Waals surface area (Å²) in [5.74, 6) is 2.34. The van der Waals surface area contributed by atoms with Crippen molar-refractivity contribution in [2.45, 2.75) is 39.2 Å². The Morgan fingerprint density at radius 1 is 1.20 bits per heavy atom. The molecule has 1 unspecified atom stereocenters. The number of piperazine rings is 1. The van der Waals surface area contributed by atoms with Crippen molar-refractivity contribution in [1.29, 1.82) is 5.26 Å². The van der Waals surface area contributed by atoms with Gasteiger partial charge in [0.25, 0.3) is 0 Å². The molecule has 0 saturated carbocycles. The Bertz CT molecular complexity index is 747. The van der Waals surface area contributed by atoms with Crippen LogP contribution in [0.2, 0.25) is 0 Å². The highest BCUT2D eigenvalue weighted by Gasteiger charge is 2.28. The van der Waals surface area contributed by atoms with Gasteiger partial charge in [-0.2, -0.15) is 10.2 Å². The lowest BCUT2D eigenvalue weighted by molar-refractivity contribution is 0.164. The summed E-state index contributed by atoms with van der Waals surface area (Å²) in [6.07, 6.45) is 1.62. The van der Waals surface area contributed by atoms with Crippen LogP contribution in [0.5, 0.6) is 0 Å². The van der Waals surface area contributed by atoms with Crippen LogP contribution in [0.3, 0.4) is 0 Å². The molecular formula is C18H24N6O. The molecule has 0 aliphatic carbocycles. The van der Waals surface area contributed by atoms with Crippen molar-refractivity contribution in [2.24, 2.45) is 0 Å². The van der Waals surface area contributed by atoms with Crippen LogP contribution < -0.4 is 4.90 Å². The quantitative estimate of drug-likeness (QED) is 0.849. The van der Waals surface area contributed by atoms with Gasteiger partial charge in [-0.25, -0.2) is 4.98 Å². The van der Waals surface area contributed by atoms with Gasteiger partial charge in [0, 0.05) is 37.8 Å². The third kappa shape index (κ3) is 3.80. The van der Waals surface area contributed by atoms with Gasteiger partial charge in [0.1, 0.15) is 11.9 Å². The zero-order valence-electron chi connectivity index (χ0n) is 15.2. The average Bonchev–Trinajstić information content (AvgIpc) is 3.12. The van der Waals surface area contributed by atoms with Crippen molar-refractivity contribution in [3.05, 3.63) is 35.6 Å². The zero-order valence-corrected chi connectivity index (χ0v) is 15.2. The first-order chi connectivity index (χ1) is 11.9. The van der Waals surface area contributed by atoms with Gasteiger partial charge in [0.2, 0.25) is 5.89 Å². The van der Waals surface area contributed by atoms with Gasteiger partial charge in [0.05, 0.1) is 11.6 Å². The van der Waals surface area contributed by atoms with Gasteiger partial charge in [-0.1, -0.05) is 25.9 Å². The van der Waals surface area contributed by atoms with E-state index >= 15 is 0 Å². The van der Waals surface area contributed by atoms with E-state index in [1.807, 2.05) is 12.1 Å². The van der Waals surface area contributed by atoms with E-state index in [2.05, 4.69) is 58.7 Å². The smallest absolute Gasteiger partial charge is 0.243 e. The number of hydrogen-bond acceptors (Lipinski definition) is 7. The molecule has 0 radical (unpaired) electrons. The number of hydrogen-bond donors (Lipinski definition) is 0. The molecule has 25 heavy (non-hydrogen) atoms. The predicted molar refractivity (Wildman–Crippen MR) is 94.2 cm³/mol. The molecule has 7 heteroatoms. The van der Waals surface area contributed by atoms with E-state index in [4.69, 9.17) is 9.78 Å². The van der Waals surface area contributed by atoms with Crippen molar-refractivity contribution in [1.82, 2.24) is 20.0 Å². The second-order valence-corrected chi connectivity index (χ2v) is 7.42. The molecule has 0 amide bonds. The minimum absolute atomic E-state index is 0.0969. The zero-order chi connectivity index (χ0) is 18.0. The Labute approximate surface area is 148 Å². The highest BCUT2D eigenvalue weighted by atomic mass is 16.5. The summed E-state index contributed by atoms with van der Waals surface area (Å²) in [5.41, 5.74) is 0.476. The maximum absolute atomic E-state index is 8.86. The Morgan fingerprint density at radius 2 is 1.92 bits per heavy atom. The van der Waals surface area contributed by atoms with E-state index in [0.717, 1.165) is 37.8 Å². The number of nitriles is 1. The third-order valence-corrected chi connectivity index (χ3v) is 4.53. The van der Waals surface area contributed by atoms with Crippen LogP contribution in [0.25, 0.3) is 0 Å². The predicted octanol–water partition coefficient (Wildman–Crippen LogP) is 2.52. The van der Waals surface area contributed by atoms with Crippen LogP contribution >= 0.6 is 0 Å². The molecule has 132 valence electrons. The summed E-state index contributed by atoms with van der Waals surface area (Å²) in [5, 5.41) is 13.0. The molecule has 1 saturated heterocycles. The van der Waals surface area contributed by atoms with Crippen molar-refractivity contribution in [3.63, 3.8) is 0 Å². The van der Waals surface area contributed by atoms with Crippen LogP contribution in [-0.2, 0) is 5.41 Å². The fraction of sp³-hybridized carbons (Fsp3) is 0.556. The van der Waals surface area contributed by atoms with E-state index in [1.165, 1.54) is 0 Å². The van der Waals surface area contributed by atoms with Gasteiger partial charge < -0.3 is 9.42 Å². The molecular weight excluding hydrogens is 316 g/mol. The lowest BCUT2D eigenvalue weighted by atomic mass is 9.96. The number of rotatable bonds is 3. The lowest BCUT2D eigenvalue weighted by Crippen LogP contribution is -2.47. The molecule has 1 aliphatic rings. The molecule has 2 aromatic rings. The van der Waals surface area contributed by atoms with E-state index in [-0.39, 0.29) is 11.5 Å². The SMILES string of the molecule is CC(c1nc(C(C)(C)C)no1)N1CCN(c2ccc(C#N)cn2)CC1. The van der Waals surface area contributed by atoms with Gasteiger partial charge in [0.15, 0.2) is 5.82 Å². The Morgan fingerprint density at radius 3 is 2.44 bits per heavy atom. The fourth-order valence-electron chi connectivity index (χ4n) is 2.84. The molecule has 0 spiro atoms. The van der Waals surface area contributed by atoms with Crippen molar-refractivity contribution >= 4 is 5.82 Å². The molecule has 7 nitrogen and oxygen atoms in total. The van der Waals surface area contributed by atoms with E-state index in [9.17, 15) is 0 Å². The molecule has 0 bridgehead atoms. The summed E-state index contributed by atoms with van der Waals surface area (Å²) >= 11 is 0. The highest BCUT2D eigenvalue weighted by molar-refractivity contribution is 5.42. The van der Waals surface area contributed by atoms with Crippen LogP contribution in [-0.4, -0.2) is 46.2 Å². The molecule has 1 atom stereocenters. The molecule has 1 aliphatic heterocycles. The van der Waals surface area contributed by atoms with E-state index in [1.54, 1.807) is 6.20 Å². The van der Waals surface area contributed by atoms with Gasteiger partial charge in [-0.3, -0.25) is 4.90 Å². The average molecular weight is 340 g/mol. The van der Waals surface area contributed by atoms with E-state index in [0.29, 0.717) is 11.5 Å².